The Balaban J connectivity index is 0.877. The molecule has 2 fully saturated rings. The van der Waals surface area contributed by atoms with E-state index in [-0.39, 0.29) is 11.6 Å². The van der Waals surface area contributed by atoms with E-state index in [1.54, 1.807) is 0 Å². The van der Waals surface area contributed by atoms with Crippen LogP contribution in [0.4, 0.5) is 22.7 Å². The molecule has 2 saturated carbocycles. The second-order valence-corrected chi connectivity index (χ2v) is 24.3. The smallest absolute Gasteiger partial charge is 0.197 e. The zero-order chi connectivity index (χ0) is 52.7. The number of hydrogen-bond donors (Lipinski definition) is 2. The summed E-state index contributed by atoms with van der Waals surface area (Å²) >= 11 is 3.06. The number of carbonyl (C=O) groups is 2. The second kappa shape index (κ2) is 24.4. The van der Waals surface area contributed by atoms with Gasteiger partial charge in [-0.1, -0.05) is 185 Å². The van der Waals surface area contributed by atoms with E-state index < -0.39 is 0 Å². The predicted octanol–water partition coefficient (Wildman–Crippen LogP) is 20.8. The molecule has 8 aromatic rings. The molecule has 0 spiro atoms. The Kier molecular flexibility index (Phi) is 16.6. The molecule has 3 aliphatic rings. The number of hydrogen-bond acceptors (Lipinski definition) is 6. The van der Waals surface area contributed by atoms with E-state index in [1.165, 1.54) is 136 Å². The van der Waals surface area contributed by atoms with Gasteiger partial charge in [-0.05, 0) is 188 Å². The van der Waals surface area contributed by atoms with Gasteiger partial charge in [0.1, 0.15) is 0 Å². The lowest BCUT2D eigenvalue weighted by Crippen LogP contribution is -2.25. The summed E-state index contributed by atoms with van der Waals surface area (Å²) in [5.74, 6) is 2.75. The fourth-order valence-corrected chi connectivity index (χ4v) is 14.3. The molecule has 4 nitrogen and oxygen atoms in total. The van der Waals surface area contributed by atoms with Crippen molar-refractivity contribution in [3.05, 3.63) is 215 Å². The van der Waals surface area contributed by atoms with Gasteiger partial charge < -0.3 is 10.6 Å². The van der Waals surface area contributed by atoms with Crippen LogP contribution in [0.3, 0.4) is 0 Å². The van der Waals surface area contributed by atoms with Gasteiger partial charge >= 0.3 is 0 Å². The monoisotopic (exact) mass is 1050 g/mol. The van der Waals surface area contributed by atoms with Gasteiger partial charge in [-0.3, -0.25) is 9.59 Å². The molecule has 0 aromatic heterocycles. The van der Waals surface area contributed by atoms with Crippen LogP contribution in [0.5, 0.6) is 0 Å². The van der Waals surface area contributed by atoms with Gasteiger partial charge in [-0.2, -0.15) is 0 Å². The first-order valence-corrected chi connectivity index (χ1v) is 30.3. The van der Waals surface area contributed by atoms with Crippen molar-refractivity contribution in [2.24, 2.45) is 11.8 Å². The minimum absolute atomic E-state index is 0.180. The third-order valence-corrected chi connectivity index (χ3v) is 19.0. The van der Waals surface area contributed by atoms with Gasteiger partial charge in [-0.25, -0.2) is 0 Å². The molecule has 0 atom stereocenters. The molecule has 0 saturated heterocycles. The lowest BCUT2D eigenvalue weighted by atomic mass is 9.77. The molecule has 77 heavy (non-hydrogen) atoms. The van der Waals surface area contributed by atoms with Crippen molar-refractivity contribution in [3.8, 4) is 22.3 Å². The fraction of sp³-hybridized carbons (Fsp3) is 0.296. The molecule has 0 unspecified atom stereocenters. The minimum Gasteiger partial charge on any atom is -0.355 e. The average Bonchev–Trinajstić information content (AvgIpc) is 3.52. The zero-order valence-corrected chi connectivity index (χ0v) is 46.7. The van der Waals surface area contributed by atoms with E-state index in [4.69, 9.17) is 0 Å². The van der Waals surface area contributed by atoms with Gasteiger partial charge in [-0.15, -0.1) is 0 Å². The number of nitrogens with one attached hydrogen (secondary N) is 2. The number of rotatable bonds is 18. The second-order valence-electron chi connectivity index (χ2n) is 22.1. The van der Waals surface area contributed by atoms with Crippen molar-refractivity contribution in [1.82, 2.24) is 0 Å². The summed E-state index contributed by atoms with van der Waals surface area (Å²) in [5, 5.41) is 7.15. The topological polar surface area (TPSA) is 58.2 Å². The maximum Gasteiger partial charge on any atom is 0.197 e. The number of benzene rings is 8. The zero-order valence-electron chi connectivity index (χ0n) is 45.1. The van der Waals surface area contributed by atoms with Crippen molar-refractivity contribution in [3.63, 3.8) is 0 Å². The van der Waals surface area contributed by atoms with Crippen LogP contribution in [0.1, 0.15) is 164 Å². The van der Waals surface area contributed by atoms with E-state index in [1.807, 2.05) is 54.6 Å². The van der Waals surface area contributed by atoms with E-state index in [0.29, 0.717) is 45.5 Å². The van der Waals surface area contributed by atoms with E-state index in [0.717, 1.165) is 59.5 Å². The first kappa shape index (κ1) is 52.5. The quantitative estimate of drug-likeness (QED) is 0.0835. The third-order valence-electron chi connectivity index (χ3n) is 16.8. The summed E-state index contributed by atoms with van der Waals surface area (Å²) in [4.78, 5) is 34.9. The highest BCUT2D eigenvalue weighted by Crippen LogP contribution is 2.47. The maximum atomic E-state index is 15.7. The highest BCUT2D eigenvalue weighted by molar-refractivity contribution is 8.00. The molecule has 2 N–H and O–H groups in total. The van der Waals surface area contributed by atoms with Gasteiger partial charge in [0.15, 0.2) is 11.6 Å². The van der Waals surface area contributed by atoms with Crippen LogP contribution >= 0.6 is 23.5 Å². The molecule has 0 bridgehead atoms. The van der Waals surface area contributed by atoms with E-state index in [2.05, 4.69) is 153 Å². The Hall–Kier alpha value is -6.60. The van der Waals surface area contributed by atoms with Gasteiger partial charge in [0.2, 0.25) is 0 Å². The highest BCUT2D eigenvalue weighted by atomic mass is 32.2. The molecule has 0 heterocycles. The number of anilines is 4. The first-order valence-electron chi connectivity index (χ1n) is 28.6. The van der Waals surface area contributed by atoms with Crippen LogP contribution < -0.4 is 10.6 Å². The number of carbonyl (C=O) groups excluding carboxylic acids is 2. The Bertz CT molecular complexity index is 3300. The average molecular weight is 1050 g/mol. The Labute approximate surface area is 466 Å². The molecule has 0 aliphatic heterocycles. The molecule has 8 aromatic carbocycles. The largest absolute Gasteiger partial charge is 0.355 e. The molecule has 11 rings (SSSR count). The Morgan fingerprint density at radius 1 is 0.403 bits per heavy atom. The lowest BCUT2D eigenvalue weighted by molar-refractivity contribution is 0.0976. The van der Waals surface area contributed by atoms with Gasteiger partial charge in [0, 0.05) is 42.1 Å². The first-order chi connectivity index (χ1) is 37.8. The molecule has 6 heteroatoms. The van der Waals surface area contributed by atoms with Crippen molar-refractivity contribution >= 4 is 57.8 Å². The van der Waals surface area contributed by atoms with Gasteiger partial charge in [0.25, 0.3) is 0 Å². The molecule has 0 amide bonds. The summed E-state index contributed by atoms with van der Waals surface area (Å²) < 4.78 is 0. The standard InChI is InChI=1S/C71H72N2O2S2/c1-4-6-8-12-49-19-23-51(24-20-49)53-25-29-54(30-26-53)56-33-37-59(38-34-56)73-63-44-43-62(72-58-13-9-7-10-14-58)66-67(63)71(75)68-64(76-60-39-15-47(3)16-40-60)45-46-65(69(68)70(66)74)77-61-41-35-57(36-42-61)55-31-27-52(28-32-55)50-21-17-48(11-5-2)18-22-50/h7,9-10,13-16,25-46,48-51,72-73H,4-6,8,11-12,17-24H2,1-3H3. The molecule has 3 aliphatic carbocycles. The number of unbranched alkanes of at least 4 members (excludes halogenated alkanes) is 2. The van der Waals surface area contributed by atoms with E-state index in [9.17, 15) is 0 Å². The lowest BCUT2D eigenvalue weighted by Gasteiger charge is -2.29. The molecule has 0 radical (unpaired) electrons. The van der Waals surface area contributed by atoms with Crippen molar-refractivity contribution in [2.75, 3.05) is 10.6 Å². The van der Waals surface area contributed by atoms with Crippen LogP contribution in [-0.2, 0) is 0 Å². The van der Waals surface area contributed by atoms with Crippen LogP contribution in [0, 0.1) is 18.8 Å². The number of aryl methyl sites for hydroxylation is 1. The Morgan fingerprint density at radius 2 is 0.818 bits per heavy atom. The Morgan fingerprint density at radius 3 is 1.27 bits per heavy atom. The van der Waals surface area contributed by atoms with Crippen LogP contribution in [0.2, 0.25) is 0 Å². The number of fused-ring (bicyclic) bond motifs is 2. The summed E-state index contributed by atoms with van der Waals surface area (Å²) in [5.41, 5.74) is 13.2. The van der Waals surface area contributed by atoms with Crippen LogP contribution in [-0.4, -0.2) is 11.6 Å². The maximum absolute atomic E-state index is 15.7. The molecular weight excluding hydrogens is 977 g/mol. The summed E-state index contributed by atoms with van der Waals surface area (Å²) in [6.45, 7) is 6.68. The third kappa shape index (κ3) is 12.1. The molecule has 390 valence electrons. The predicted molar refractivity (Wildman–Crippen MR) is 324 cm³/mol. The van der Waals surface area contributed by atoms with Crippen molar-refractivity contribution < 1.29 is 9.59 Å². The van der Waals surface area contributed by atoms with Crippen molar-refractivity contribution in [1.29, 1.82) is 0 Å². The summed E-state index contributed by atoms with van der Waals surface area (Å²) in [6.07, 6.45) is 18.6. The summed E-state index contributed by atoms with van der Waals surface area (Å²) in [7, 11) is 0. The number of para-hydroxylation sites is 1. The van der Waals surface area contributed by atoms with Crippen molar-refractivity contribution in [2.45, 2.75) is 142 Å². The molecular formula is C71H72N2O2S2. The van der Waals surface area contributed by atoms with E-state index >= 15 is 9.59 Å². The van der Waals surface area contributed by atoms with Gasteiger partial charge in [0.05, 0.1) is 22.5 Å². The van der Waals surface area contributed by atoms with Crippen LogP contribution in [0.25, 0.3) is 22.3 Å². The number of ketones is 2. The fourth-order valence-electron chi connectivity index (χ4n) is 12.4. The van der Waals surface area contributed by atoms with Crippen LogP contribution in [0.15, 0.2) is 196 Å². The summed E-state index contributed by atoms with van der Waals surface area (Å²) in [6, 6.07) is 61.6. The SMILES string of the molecule is CCCCCC1CCC(c2ccc(-c3ccc(Nc4ccc(Nc5ccccc5)c5c4C(=O)c4c(Sc6ccc(C)cc6)ccc(Sc6ccc(-c7ccc(C8CCC(CCC)CC8)cc7)cc6)c4C5=O)cc3)cc2)CC1. The highest BCUT2D eigenvalue weighted by Gasteiger charge is 2.38. The minimum atomic E-state index is -0.181. The normalized spacial score (nSPS) is 18.1.